The fraction of sp³-hybridized carbons (Fsp3) is 0.455. The minimum atomic E-state index is -0.647. The highest BCUT2D eigenvalue weighted by atomic mass is 32.1. The highest BCUT2D eigenvalue weighted by Crippen LogP contribution is 2.36. The minimum absolute atomic E-state index is 0.208. The molecule has 0 saturated carbocycles. The maximum absolute atomic E-state index is 13.0. The number of rotatable bonds is 12. The summed E-state index contributed by atoms with van der Waals surface area (Å²) in [6.45, 7) is 2.06. The van der Waals surface area contributed by atoms with E-state index in [1.807, 2.05) is 28.5 Å². The summed E-state index contributed by atoms with van der Waals surface area (Å²) in [5.74, 6) is 1.75. The molecule has 3 aromatic rings. The fourth-order valence-electron chi connectivity index (χ4n) is 3.49. The molecule has 0 fully saturated rings. The van der Waals surface area contributed by atoms with Crippen molar-refractivity contribution in [3.63, 3.8) is 0 Å². The van der Waals surface area contributed by atoms with Crippen molar-refractivity contribution >= 4 is 21.6 Å². The molecule has 1 aromatic carbocycles. The molecule has 174 valence electrons. The Bertz CT molecular complexity index is 1080. The SMILES string of the molecule is COCCN(Cc1nc2scc(-c3ccc(OC)c(OC)c3)c2c(=O)[nH]1)CC(O)COC. The van der Waals surface area contributed by atoms with E-state index in [2.05, 4.69) is 9.97 Å². The average Bonchev–Trinajstić information content (AvgIpc) is 3.21. The third-order valence-electron chi connectivity index (χ3n) is 5.00. The Morgan fingerprint density at radius 3 is 2.62 bits per heavy atom. The molecule has 10 heteroatoms. The van der Waals surface area contributed by atoms with Gasteiger partial charge >= 0.3 is 0 Å². The van der Waals surface area contributed by atoms with E-state index < -0.39 is 6.10 Å². The third kappa shape index (κ3) is 5.64. The number of hydrogen-bond donors (Lipinski definition) is 2. The molecule has 2 aromatic heterocycles. The van der Waals surface area contributed by atoms with E-state index in [-0.39, 0.29) is 12.2 Å². The number of aromatic amines is 1. The normalized spacial score (nSPS) is 12.4. The predicted molar refractivity (Wildman–Crippen MR) is 124 cm³/mol. The van der Waals surface area contributed by atoms with Crippen molar-refractivity contribution in [1.29, 1.82) is 0 Å². The number of hydrogen-bond acceptors (Lipinski definition) is 9. The summed E-state index contributed by atoms with van der Waals surface area (Å²) in [5, 5.41) is 12.6. The van der Waals surface area contributed by atoms with Crippen LogP contribution in [0.15, 0.2) is 28.4 Å². The number of benzene rings is 1. The van der Waals surface area contributed by atoms with Crippen molar-refractivity contribution in [3.8, 4) is 22.6 Å². The predicted octanol–water partition coefficient (Wildman–Crippen LogP) is 2.12. The van der Waals surface area contributed by atoms with E-state index in [0.29, 0.717) is 53.8 Å². The van der Waals surface area contributed by atoms with Crippen LogP contribution in [0.5, 0.6) is 11.5 Å². The molecule has 32 heavy (non-hydrogen) atoms. The van der Waals surface area contributed by atoms with Crippen LogP contribution in [0.2, 0.25) is 0 Å². The van der Waals surface area contributed by atoms with E-state index >= 15 is 0 Å². The Morgan fingerprint density at radius 1 is 1.16 bits per heavy atom. The quantitative estimate of drug-likeness (QED) is 0.421. The zero-order valence-electron chi connectivity index (χ0n) is 18.7. The van der Waals surface area contributed by atoms with E-state index in [4.69, 9.17) is 18.9 Å². The lowest BCUT2D eigenvalue weighted by atomic mass is 10.1. The second-order valence-electron chi connectivity index (χ2n) is 7.25. The molecule has 1 atom stereocenters. The van der Waals surface area contributed by atoms with Gasteiger partial charge in [0, 0.05) is 38.3 Å². The van der Waals surface area contributed by atoms with Crippen LogP contribution in [0.4, 0.5) is 0 Å². The average molecular weight is 464 g/mol. The van der Waals surface area contributed by atoms with Crippen molar-refractivity contribution in [2.75, 3.05) is 54.7 Å². The second kappa shape index (κ2) is 11.4. The summed E-state index contributed by atoms with van der Waals surface area (Å²) in [6, 6.07) is 5.55. The molecule has 0 bridgehead atoms. The molecule has 0 saturated heterocycles. The number of aliphatic hydroxyl groups is 1. The van der Waals surface area contributed by atoms with Gasteiger partial charge in [0.15, 0.2) is 11.5 Å². The molecular weight excluding hydrogens is 434 g/mol. The van der Waals surface area contributed by atoms with E-state index in [0.717, 1.165) is 11.1 Å². The number of aliphatic hydroxyl groups excluding tert-OH is 1. The van der Waals surface area contributed by atoms with Gasteiger partial charge in [0.1, 0.15) is 10.7 Å². The van der Waals surface area contributed by atoms with Crippen LogP contribution in [0.25, 0.3) is 21.3 Å². The van der Waals surface area contributed by atoms with Crippen molar-refractivity contribution in [2.45, 2.75) is 12.6 Å². The second-order valence-corrected chi connectivity index (χ2v) is 8.11. The van der Waals surface area contributed by atoms with Crippen molar-refractivity contribution < 1.29 is 24.1 Å². The van der Waals surface area contributed by atoms with Gasteiger partial charge in [-0.15, -0.1) is 11.3 Å². The van der Waals surface area contributed by atoms with Gasteiger partial charge in [-0.05, 0) is 17.7 Å². The summed E-state index contributed by atoms with van der Waals surface area (Å²) in [4.78, 5) is 23.2. The number of methoxy groups -OCH3 is 4. The molecule has 0 aliphatic heterocycles. The Labute approximate surface area is 190 Å². The van der Waals surface area contributed by atoms with Gasteiger partial charge in [0.2, 0.25) is 0 Å². The topological polar surface area (TPSA) is 106 Å². The summed E-state index contributed by atoms with van der Waals surface area (Å²) in [6.07, 6.45) is -0.647. The number of fused-ring (bicyclic) bond motifs is 1. The summed E-state index contributed by atoms with van der Waals surface area (Å²) in [7, 11) is 6.32. The zero-order chi connectivity index (χ0) is 23.1. The first-order valence-corrected chi connectivity index (χ1v) is 11.0. The molecule has 1 unspecified atom stereocenters. The lowest BCUT2D eigenvalue weighted by Gasteiger charge is -2.24. The molecule has 9 nitrogen and oxygen atoms in total. The molecule has 0 spiro atoms. The molecule has 2 N–H and O–H groups in total. The van der Waals surface area contributed by atoms with Crippen molar-refractivity contribution in [1.82, 2.24) is 14.9 Å². The summed E-state index contributed by atoms with van der Waals surface area (Å²) < 4.78 is 20.9. The van der Waals surface area contributed by atoms with Crippen molar-refractivity contribution in [2.24, 2.45) is 0 Å². The van der Waals surface area contributed by atoms with E-state index in [1.54, 1.807) is 28.4 Å². The Kier molecular flexibility index (Phi) is 8.60. The van der Waals surface area contributed by atoms with Gasteiger partial charge < -0.3 is 29.0 Å². The van der Waals surface area contributed by atoms with Gasteiger partial charge in [0.05, 0.1) is 45.5 Å². The van der Waals surface area contributed by atoms with Crippen LogP contribution < -0.4 is 15.0 Å². The van der Waals surface area contributed by atoms with Crippen molar-refractivity contribution in [3.05, 3.63) is 39.8 Å². The first-order valence-electron chi connectivity index (χ1n) is 10.1. The smallest absolute Gasteiger partial charge is 0.260 e. The molecule has 2 heterocycles. The van der Waals surface area contributed by atoms with Crippen LogP contribution in [-0.4, -0.2) is 80.8 Å². The molecule has 0 aliphatic rings. The lowest BCUT2D eigenvalue weighted by Crippen LogP contribution is -2.37. The highest BCUT2D eigenvalue weighted by molar-refractivity contribution is 7.17. The number of nitrogens with one attached hydrogen (secondary N) is 1. The highest BCUT2D eigenvalue weighted by Gasteiger charge is 2.17. The van der Waals surface area contributed by atoms with Crippen LogP contribution >= 0.6 is 11.3 Å². The number of aromatic nitrogens is 2. The number of nitrogens with zero attached hydrogens (tertiary/aromatic N) is 2. The standard InChI is InChI=1S/C22H29N3O6S/c1-28-8-7-25(10-15(26)12-29-2)11-19-23-21(27)20-16(13-32-22(20)24-19)14-5-6-17(30-3)18(9-14)31-4/h5-6,9,13,15,26H,7-8,10-12H2,1-4H3,(H,23,24,27). The maximum atomic E-state index is 13.0. The molecule has 0 amide bonds. The molecule has 3 rings (SSSR count). The summed E-state index contributed by atoms with van der Waals surface area (Å²) in [5.41, 5.74) is 1.43. The Balaban J connectivity index is 1.90. The fourth-order valence-corrected chi connectivity index (χ4v) is 4.46. The molecular formula is C22H29N3O6S. The van der Waals surface area contributed by atoms with Crippen LogP contribution in [-0.2, 0) is 16.0 Å². The van der Waals surface area contributed by atoms with Crippen LogP contribution in [0.3, 0.4) is 0 Å². The van der Waals surface area contributed by atoms with Crippen LogP contribution in [0, 0.1) is 0 Å². The largest absolute Gasteiger partial charge is 0.493 e. The van der Waals surface area contributed by atoms with Gasteiger partial charge in [-0.1, -0.05) is 6.07 Å². The van der Waals surface area contributed by atoms with E-state index in [9.17, 15) is 9.90 Å². The maximum Gasteiger partial charge on any atom is 0.260 e. The Hall–Kier alpha value is -2.50. The van der Waals surface area contributed by atoms with Gasteiger partial charge in [-0.2, -0.15) is 0 Å². The number of ether oxygens (including phenoxy) is 4. The third-order valence-corrected chi connectivity index (χ3v) is 5.87. The minimum Gasteiger partial charge on any atom is -0.493 e. The first kappa shape index (κ1) is 24.1. The van der Waals surface area contributed by atoms with Gasteiger partial charge in [-0.3, -0.25) is 9.69 Å². The zero-order valence-corrected chi connectivity index (χ0v) is 19.5. The summed E-state index contributed by atoms with van der Waals surface area (Å²) >= 11 is 1.41. The van der Waals surface area contributed by atoms with Crippen LogP contribution in [0.1, 0.15) is 5.82 Å². The lowest BCUT2D eigenvalue weighted by molar-refractivity contribution is 0.0287. The Morgan fingerprint density at radius 2 is 1.94 bits per heavy atom. The first-order chi connectivity index (χ1) is 15.5. The number of H-pyrrole nitrogens is 1. The monoisotopic (exact) mass is 463 g/mol. The van der Waals surface area contributed by atoms with E-state index in [1.165, 1.54) is 11.3 Å². The molecule has 0 aliphatic carbocycles. The van der Waals surface area contributed by atoms with Gasteiger partial charge in [0.25, 0.3) is 5.56 Å². The van der Waals surface area contributed by atoms with Gasteiger partial charge in [-0.25, -0.2) is 4.98 Å². The molecule has 0 radical (unpaired) electrons. The number of thiophene rings is 1.